The predicted molar refractivity (Wildman–Crippen MR) is 39.7 cm³/mol. The summed E-state index contributed by atoms with van der Waals surface area (Å²) in [6.07, 6.45) is -0.421. The largest absolute Gasteiger partial charge is 0.481 e. The van der Waals surface area contributed by atoms with E-state index < -0.39 is 18.0 Å². The van der Waals surface area contributed by atoms with Crippen molar-refractivity contribution in [1.82, 2.24) is 4.90 Å². The van der Waals surface area contributed by atoms with E-state index in [2.05, 4.69) is 4.74 Å². The Morgan fingerprint density at radius 1 is 1.83 bits per heavy atom. The molecule has 0 aromatic rings. The van der Waals surface area contributed by atoms with Crippen LogP contribution in [0.15, 0.2) is 0 Å². The molecule has 1 fully saturated rings. The van der Waals surface area contributed by atoms with Gasteiger partial charge in [-0.1, -0.05) is 0 Å². The van der Waals surface area contributed by atoms with Crippen LogP contribution in [0, 0.1) is 5.92 Å². The zero-order valence-electron chi connectivity index (χ0n) is 6.82. The highest BCUT2D eigenvalue weighted by molar-refractivity contribution is 5.75. The van der Waals surface area contributed by atoms with Crippen LogP contribution in [0.5, 0.6) is 0 Å². The van der Waals surface area contributed by atoms with E-state index >= 15 is 0 Å². The Balaban J connectivity index is 2.55. The molecule has 1 unspecified atom stereocenters. The number of nitrogens with zero attached hydrogens (tertiary/aromatic N) is 1. The van der Waals surface area contributed by atoms with Gasteiger partial charge in [0.05, 0.1) is 0 Å². The number of amides is 1. The van der Waals surface area contributed by atoms with Crippen LogP contribution in [0.1, 0.15) is 6.92 Å². The molecule has 1 aliphatic heterocycles. The minimum Gasteiger partial charge on any atom is -0.481 e. The summed E-state index contributed by atoms with van der Waals surface area (Å²) >= 11 is 0. The van der Waals surface area contributed by atoms with E-state index in [4.69, 9.17) is 5.11 Å². The van der Waals surface area contributed by atoms with Crippen molar-refractivity contribution in [2.45, 2.75) is 6.92 Å². The van der Waals surface area contributed by atoms with E-state index in [1.807, 2.05) is 0 Å². The number of ether oxygens (including phenoxy) is 1. The number of carbonyl (C=O) groups excluding carboxylic acids is 1. The Hall–Kier alpha value is -1.26. The third kappa shape index (κ3) is 1.66. The number of cyclic esters (lactones) is 1. The Morgan fingerprint density at radius 3 is 3.00 bits per heavy atom. The van der Waals surface area contributed by atoms with E-state index in [0.717, 1.165) is 0 Å². The second-order valence-corrected chi connectivity index (χ2v) is 2.65. The molecule has 1 N–H and O–H groups in total. The number of carbonyl (C=O) groups is 2. The Kier molecular flexibility index (Phi) is 2.52. The Labute approximate surface area is 69.9 Å². The highest BCUT2D eigenvalue weighted by atomic mass is 16.6. The van der Waals surface area contributed by atoms with E-state index in [1.165, 1.54) is 4.90 Å². The number of hydrogen-bond acceptors (Lipinski definition) is 3. The summed E-state index contributed by atoms with van der Waals surface area (Å²) in [4.78, 5) is 22.8. The fourth-order valence-corrected chi connectivity index (χ4v) is 1.06. The van der Waals surface area contributed by atoms with Crippen LogP contribution in [0.25, 0.3) is 0 Å². The highest BCUT2D eigenvalue weighted by Crippen LogP contribution is 2.10. The molecule has 0 saturated carbocycles. The average Bonchev–Trinajstić information content (AvgIpc) is 2.05. The van der Waals surface area contributed by atoms with Gasteiger partial charge in [0.2, 0.25) is 0 Å². The monoisotopic (exact) mass is 173 g/mol. The topological polar surface area (TPSA) is 66.8 Å². The molecule has 0 aromatic heterocycles. The maximum absolute atomic E-state index is 10.9. The molecule has 1 saturated heterocycles. The number of aliphatic carboxylic acids is 1. The van der Waals surface area contributed by atoms with Crippen LogP contribution in [-0.2, 0) is 9.53 Å². The van der Waals surface area contributed by atoms with Gasteiger partial charge in [0.25, 0.3) is 0 Å². The maximum atomic E-state index is 10.9. The van der Waals surface area contributed by atoms with Crippen molar-refractivity contribution in [2.24, 2.45) is 5.92 Å². The van der Waals surface area contributed by atoms with Gasteiger partial charge in [0.15, 0.2) is 0 Å². The Bertz CT molecular complexity index is 204. The minimum absolute atomic E-state index is 0.00926. The van der Waals surface area contributed by atoms with Gasteiger partial charge >= 0.3 is 12.1 Å². The zero-order chi connectivity index (χ0) is 9.14. The number of hydrogen-bond donors (Lipinski definition) is 1. The van der Waals surface area contributed by atoms with Crippen LogP contribution in [0.3, 0.4) is 0 Å². The summed E-state index contributed by atoms with van der Waals surface area (Å²) in [5, 5.41) is 8.62. The molecule has 1 amide bonds. The second kappa shape index (κ2) is 3.42. The summed E-state index contributed by atoms with van der Waals surface area (Å²) in [7, 11) is 0. The molecule has 5 nitrogen and oxygen atoms in total. The van der Waals surface area contributed by atoms with E-state index in [1.54, 1.807) is 6.92 Å². The predicted octanol–water partition coefficient (Wildman–Crippen LogP) is 0.159. The van der Waals surface area contributed by atoms with Crippen molar-refractivity contribution in [3.63, 3.8) is 0 Å². The third-order valence-electron chi connectivity index (χ3n) is 1.84. The van der Waals surface area contributed by atoms with Crippen molar-refractivity contribution < 1.29 is 19.4 Å². The number of carboxylic acid groups (broad SMARTS) is 1. The molecule has 1 rings (SSSR count). The molecule has 0 spiro atoms. The first kappa shape index (κ1) is 8.83. The lowest BCUT2D eigenvalue weighted by Crippen LogP contribution is -2.45. The van der Waals surface area contributed by atoms with Crippen molar-refractivity contribution in [3.05, 3.63) is 0 Å². The molecule has 12 heavy (non-hydrogen) atoms. The van der Waals surface area contributed by atoms with Crippen molar-refractivity contribution in [1.29, 1.82) is 0 Å². The molecule has 5 heteroatoms. The smallest absolute Gasteiger partial charge is 0.409 e. The number of rotatable bonds is 2. The van der Waals surface area contributed by atoms with Crippen LogP contribution < -0.4 is 0 Å². The second-order valence-electron chi connectivity index (χ2n) is 2.65. The van der Waals surface area contributed by atoms with Gasteiger partial charge < -0.3 is 14.7 Å². The maximum Gasteiger partial charge on any atom is 0.409 e. The molecule has 0 aliphatic carbocycles. The van der Waals surface area contributed by atoms with Gasteiger partial charge in [-0.05, 0) is 6.92 Å². The van der Waals surface area contributed by atoms with Gasteiger partial charge in [-0.3, -0.25) is 4.79 Å². The molecule has 0 radical (unpaired) electrons. The van der Waals surface area contributed by atoms with Crippen molar-refractivity contribution in [3.8, 4) is 0 Å². The van der Waals surface area contributed by atoms with Gasteiger partial charge in [0.1, 0.15) is 12.5 Å². The summed E-state index contributed by atoms with van der Waals surface area (Å²) in [5.74, 6) is -1.50. The Morgan fingerprint density at radius 2 is 2.50 bits per heavy atom. The normalized spacial score (nSPS) is 23.6. The number of carboxylic acids is 1. The summed E-state index contributed by atoms with van der Waals surface area (Å²) in [6, 6.07) is 0. The third-order valence-corrected chi connectivity index (χ3v) is 1.84. The molecule has 68 valence electrons. The van der Waals surface area contributed by atoms with Crippen molar-refractivity contribution in [2.75, 3.05) is 19.7 Å². The first-order chi connectivity index (χ1) is 5.65. The van der Waals surface area contributed by atoms with E-state index in [0.29, 0.717) is 6.54 Å². The molecule has 1 aliphatic rings. The summed E-state index contributed by atoms with van der Waals surface area (Å²) in [5.41, 5.74) is 0. The standard InChI is InChI=1S/C7H11NO4/c1-2-8-3-5(6(9)10)4-12-7(8)11/h5H,2-4H2,1H3,(H,9,10). The van der Waals surface area contributed by atoms with Crippen LogP contribution in [-0.4, -0.2) is 41.8 Å². The van der Waals surface area contributed by atoms with Gasteiger partial charge in [-0.2, -0.15) is 0 Å². The molecule has 1 atom stereocenters. The van der Waals surface area contributed by atoms with E-state index in [9.17, 15) is 9.59 Å². The highest BCUT2D eigenvalue weighted by Gasteiger charge is 2.30. The lowest BCUT2D eigenvalue weighted by atomic mass is 10.1. The fourth-order valence-electron chi connectivity index (χ4n) is 1.06. The lowest BCUT2D eigenvalue weighted by molar-refractivity contribution is -0.145. The minimum atomic E-state index is -0.916. The quantitative estimate of drug-likeness (QED) is 0.645. The van der Waals surface area contributed by atoms with Gasteiger partial charge in [0, 0.05) is 13.1 Å². The summed E-state index contributed by atoms with van der Waals surface area (Å²) in [6.45, 7) is 2.52. The van der Waals surface area contributed by atoms with Crippen LogP contribution in [0.2, 0.25) is 0 Å². The first-order valence-corrected chi connectivity index (χ1v) is 3.79. The van der Waals surface area contributed by atoms with Gasteiger partial charge in [-0.15, -0.1) is 0 Å². The molecule has 0 bridgehead atoms. The lowest BCUT2D eigenvalue weighted by Gasteiger charge is -2.28. The van der Waals surface area contributed by atoms with Crippen LogP contribution >= 0.6 is 0 Å². The van der Waals surface area contributed by atoms with E-state index in [-0.39, 0.29) is 13.2 Å². The fraction of sp³-hybridized carbons (Fsp3) is 0.714. The van der Waals surface area contributed by atoms with Gasteiger partial charge in [-0.25, -0.2) is 4.79 Å². The van der Waals surface area contributed by atoms with Crippen LogP contribution in [0.4, 0.5) is 4.79 Å². The summed E-state index contributed by atoms with van der Waals surface area (Å²) < 4.78 is 4.66. The molecular weight excluding hydrogens is 162 g/mol. The first-order valence-electron chi connectivity index (χ1n) is 3.79. The average molecular weight is 173 g/mol. The molecule has 0 aromatic carbocycles. The molecule has 1 heterocycles. The molecular formula is C7H11NO4. The van der Waals surface area contributed by atoms with Crippen molar-refractivity contribution >= 4 is 12.1 Å². The SMILES string of the molecule is CCN1CC(C(=O)O)COC1=O. The zero-order valence-corrected chi connectivity index (χ0v) is 6.82.